The first-order valence-electron chi connectivity index (χ1n) is 15.1. The Kier molecular flexibility index (Phi) is 7.95. The van der Waals surface area contributed by atoms with Gasteiger partial charge in [0.1, 0.15) is 28.2 Å². The molecule has 2 aromatic carbocycles. The molecule has 1 heterocycles. The predicted molar refractivity (Wildman–Crippen MR) is 167 cm³/mol. The Morgan fingerprint density at radius 3 is 2.52 bits per heavy atom. The molecule has 3 atom stereocenters. The SMILES string of the molecule is C=C1CC[C@H]2C(C)(C)CCC[C@]2(C)[C@H]1CC/C(C)=C/Cc1c(O)cc(O)c2c(=O)c(O)c(-c3ccc(OC)cc3)oc12. The molecule has 6 heteroatoms. The van der Waals surface area contributed by atoms with E-state index in [0.717, 1.165) is 25.3 Å². The summed E-state index contributed by atoms with van der Waals surface area (Å²) in [4.78, 5) is 13.2. The summed E-state index contributed by atoms with van der Waals surface area (Å²) in [5.41, 5.74) is 3.36. The molecule has 42 heavy (non-hydrogen) atoms. The quantitative estimate of drug-likeness (QED) is 0.245. The van der Waals surface area contributed by atoms with Gasteiger partial charge in [0.05, 0.1) is 7.11 Å². The van der Waals surface area contributed by atoms with E-state index in [1.165, 1.54) is 36.8 Å². The van der Waals surface area contributed by atoms with Crippen molar-refractivity contribution in [3.8, 4) is 34.3 Å². The summed E-state index contributed by atoms with van der Waals surface area (Å²) in [5.74, 6) is 0.567. The fourth-order valence-electron chi connectivity index (χ4n) is 8.07. The van der Waals surface area contributed by atoms with Gasteiger partial charge in [-0.25, -0.2) is 0 Å². The lowest BCUT2D eigenvalue weighted by atomic mass is 9.47. The number of phenolic OH excluding ortho intramolecular Hbond substituents is 2. The number of benzene rings is 2. The van der Waals surface area contributed by atoms with E-state index < -0.39 is 16.9 Å². The van der Waals surface area contributed by atoms with Crippen molar-refractivity contribution in [3.63, 3.8) is 0 Å². The highest BCUT2D eigenvalue weighted by atomic mass is 16.5. The van der Waals surface area contributed by atoms with Crippen molar-refractivity contribution in [1.29, 1.82) is 0 Å². The van der Waals surface area contributed by atoms with Crippen LogP contribution in [0.5, 0.6) is 23.0 Å². The van der Waals surface area contributed by atoms with Gasteiger partial charge in [-0.2, -0.15) is 0 Å². The van der Waals surface area contributed by atoms with Crippen LogP contribution in [-0.4, -0.2) is 22.4 Å². The van der Waals surface area contributed by atoms with E-state index in [-0.39, 0.29) is 27.9 Å². The minimum absolute atomic E-state index is 0.0314. The van der Waals surface area contributed by atoms with Crippen LogP contribution in [0.1, 0.15) is 78.2 Å². The second-order valence-corrected chi connectivity index (χ2v) is 13.4. The van der Waals surface area contributed by atoms with Gasteiger partial charge in [-0.15, -0.1) is 0 Å². The Morgan fingerprint density at radius 2 is 1.83 bits per heavy atom. The number of hydrogen-bond donors (Lipinski definition) is 3. The van der Waals surface area contributed by atoms with Crippen LogP contribution in [0.3, 0.4) is 0 Å². The molecule has 6 nitrogen and oxygen atoms in total. The second-order valence-electron chi connectivity index (χ2n) is 13.4. The molecule has 0 aliphatic heterocycles. The van der Waals surface area contributed by atoms with Gasteiger partial charge in [0.2, 0.25) is 11.2 Å². The maximum atomic E-state index is 13.2. The number of allylic oxidation sites excluding steroid dienone is 3. The third-order valence-corrected chi connectivity index (χ3v) is 10.4. The molecule has 5 rings (SSSR count). The van der Waals surface area contributed by atoms with Gasteiger partial charge in [0.25, 0.3) is 0 Å². The maximum Gasteiger partial charge on any atom is 0.238 e. The molecule has 0 bridgehead atoms. The van der Waals surface area contributed by atoms with Crippen LogP contribution in [0.2, 0.25) is 0 Å². The molecule has 0 amide bonds. The average Bonchev–Trinajstić information content (AvgIpc) is 2.93. The fraction of sp³-hybridized carbons (Fsp3) is 0.472. The number of fused-ring (bicyclic) bond motifs is 2. The standard InChI is InChI=1S/C36H44O6/c1-21(9-16-26-22(2)10-17-29-35(3,4)18-7-19-36(26,29)5)8-15-25-27(37)20-28(38)30-31(39)32(40)33(42-34(25)30)23-11-13-24(41-6)14-12-23/h8,11-14,20,26,29,37-38,40H,2,7,9-10,15-19H2,1,3-6H3/b21-8+/t26-,29-,36+/m0/s1. The van der Waals surface area contributed by atoms with Crippen molar-refractivity contribution in [2.45, 2.75) is 79.1 Å². The van der Waals surface area contributed by atoms with Crippen LogP contribution in [0.4, 0.5) is 0 Å². The zero-order valence-electron chi connectivity index (χ0n) is 25.5. The lowest BCUT2D eigenvalue weighted by Gasteiger charge is -2.58. The molecule has 2 fully saturated rings. The van der Waals surface area contributed by atoms with Crippen molar-refractivity contribution in [3.05, 3.63) is 69.9 Å². The Labute approximate surface area is 248 Å². The summed E-state index contributed by atoms with van der Waals surface area (Å²) in [6, 6.07) is 7.88. The topological polar surface area (TPSA) is 100 Å². The van der Waals surface area contributed by atoms with E-state index in [0.29, 0.717) is 40.5 Å². The van der Waals surface area contributed by atoms with E-state index in [1.807, 2.05) is 0 Å². The molecule has 0 spiro atoms. The number of aromatic hydroxyl groups is 3. The first-order chi connectivity index (χ1) is 19.9. The Hall–Kier alpha value is -3.67. The zero-order chi connectivity index (χ0) is 30.4. The third kappa shape index (κ3) is 5.21. The fourth-order valence-corrected chi connectivity index (χ4v) is 8.07. The highest BCUT2D eigenvalue weighted by Crippen LogP contribution is 2.61. The van der Waals surface area contributed by atoms with Crippen molar-refractivity contribution in [1.82, 2.24) is 0 Å². The first-order valence-corrected chi connectivity index (χ1v) is 15.1. The lowest BCUT2D eigenvalue weighted by Crippen LogP contribution is -2.49. The van der Waals surface area contributed by atoms with Crippen LogP contribution < -0.4 is 10.2 Å². The largest absolute Gasteiger partial charge is 0.507 e. The number of phenols is 2. The molecule has 2 saturated carbocycles. The van der Waals surface area contributed by atoms with E-state index in [9.17, 15) is 20.1 Å². The van der Waals surface area contributed by atoms with E-state index in [4.69, 9.17) is 9.15 Å². The number of ether oxygens (including phenoxy) is 1. The monoisotopic (exact) mass is 572 g/mol. The summed E-state index contributed by atoms with van der Waals surface area (Å²) in [5, 5.41) is 31.9. The van der Waals surface area contributed by atoms with E-state index in [2.05, 4.69) is 40.3 Å². The summed E-state index contributed by atoms with van der Waals surface area (Å²) < 4.78 is 11.3. The Bertz CT molecular complexity index is 1590. The lowest BCUT2D eigenvalue weighted by molar-refractivity contribution is -0.0539. The molecule has 3 N–H and O–H groups in total. The number of methoxy groups -OCH3 is 1. The molecule has 2 aliphatic rings. The van der Waals surface area contributed by atoms with Crippen molar-refractivity contribution < 1.29 is 24.5 Å². The second kappa shape index (κ2) is 11.2. The van der Waals surface area contributed by atoms with Crippen LogP contribution in [0.25, 0.3) is 22.3 Å². The van der Waals surface area contributed by atoms with Crippen molar-refractivity contribution >= 4 is 11.0 Å². The third-order valence-electron chi connectivity index (χ3n) is 10.4. The number of rotatable bonds is 7. The molecule has 2 aliphatic carbocycles. The summed E-state index contributed by atoms with van der Waals surface area (Å²) in [6.07, 6.45) is 10.5. The molecule has 0 saturated heterocycles. The normalized spacial score (nSPS) is 24.0. The average molecular weight is 573 g/mol. The van der Waals surface area contributed by atoms with E-state index in [1.54, 1.807) is 31.4 Å². The molecule has 0 unspecified atom stereocenters. The summed E-state index contributed by atoms with van der Waals surface area (Å²) in [7, 11) is 1.55. The number of hydrogen-bond acceptors (Lipinski definition) is 6. The van der Waals surface area contributed by atoms with Crippen LogP contribution in [0, 0.1) is 22.7 Å². The van der Waals surface area contributed by atoms with Crippen molar-refractivity contribution in [2.24, 2.45) is 22.7 Å². The summed E-state index contributed by atoms with van der Waals surface area (Å²) in [6.45, 7) is 14.0. The van der Waals surface area contributed by atoms with Gasteiger partial charge in [0, 0.05) is 17.2 Å². The van der Waals surface area contributed by atoms with Gasteiger partial charge >= 0.3 is 0 Å². The van der Waals surface area contributed by atoms with E-state index >= 15 is 0 Å². The van der Waals surface area contributed by atoms with Crippen LogP contribution in [0.15, 0.2) is 63.3 Å². The predicted octanol–water partition coefficient (Wildman–Crippen LogP) is 8.65. The van der Waals surface area contributed by atoms with Gasteiger partial charge in [-0.1, -0.05) is 51.0 Å². The smallest absolute Gasteiger partial charge is 0.238 e. The van der Waals surface area contributed by atoms with Gasteiger partial charge < -0.3 is 24.5 Å². The Balaban J connectivity index is 1.43. The summed E-state index contributed by atoms with van der Waals surface area (Å²) >= 11 is 0. The molecule has 224 valence electrons. The molecule has 1 aromatic heterocycles. The highest BCUT2D eigenvalue weighted by Gasteiger charge is 2.52. The van der Waals surface area contributed by atoms with Crippen LogP contribution >= 0.6 is 0 Å². The molecule has 3 aromatic rings. The zero-order valence-corrected chi connectivity index (χ0v) is 25.5. The van der Waals surface area contributed by atoms with Gasteiger partial charge in [-0.3, -0.25) is 4.79 Å². The first kappa shape index (κ1) is 29.8. The highest BCUT2D eigenvalue weighted by molar-refractivity contribution is 5.91. The maximum absolute atomic E-state index is 13.2. The van der Waals surface area contributed by atoms with Gasteiger partial charge in [-0.05, 0) is 98.8 Å². The minimum atomic E-state index is -0.754. The molecular formula is C36H44O6. The van der Waals surface area contributed by atoms with Crippen molar-refractivity contribution in [2.75, 3.05) is 7.11 Å². The molecular weight excluding hydrogens is 528 g/mol. The Morgan fingerprint density at radius 1 is 1.12 bits per heavy atom. The molecule has 0 radical (unpaired) electrons. The minimum Gasteiger partial charge on any atom is -0.507 e. The van der Waals surface area contributed by atoms with Gasteiger partial charge in [0.15, 0.2) is 5.76 Å². The van der Waals surface area contributed by atoms with Crippen LogP contribution in [-0.2, 0) is 6.42 Å².